The Morgan fingerprint density at radius 1 is 1.23 bits per heavy atom. The zero-order valence-corrected chi connectivity index (χ0v) is 15.8. The second-order valence-electron chi connectivity index (χ2n) is 6.45. The van der Waals surface area contributed by atoms with Gasteiger partial charge in [0.05, 0.1) is 0 Å². The maximum Gasteiger partial charge on any atom is 0.315 e. The number of nitrogens with zero attached hydrogens (tertiary/aromatic N) is 2. The van der Waals surface area contributed by atoms with Crippen LogP contribution in [-0.2, 0) is 11.3 Å². The van der Waals surface area contributed by atoms with Crippen LogP contribution in [0.2, 0.25) is 0 Å². The summed E-state index contributed by atoms with van der Waals surface area (Å²) in [4.78, 5) is 29.7. The molecule has 1 fully saturated rings. The topological polar surface area (TPSA) is 83.6 Å². The summed E-state index contributed by atoms with van der Waals surface area (Å²) in [6.45, 7) is 5.98. The molecule has 1 aromatic heterocycles. The molecule has 0 radical (unpaired) electrons. The van der Waals surface area contributed by atoms with Crippen LogP contribution in [0.3, 0.4) is 0 Å². The summed E-state index contributed by atoms with van der Waals surface area (Å²) < 4.78 is 5.88. The molecule has 1 aliphatic carbocycles. The second-order valence-corrected chi connectivity index (χ2v) is 6.45. The van der Waals surface area contributed by atoms with Gasteiger partial charge in [-0.25, -0.2) is 9.78 Å². The Morgan fingerprint density at radius 3 is 2.65 bits per heavy atom. The van der Waals surface area contributed by atoms with Crippen LogP contribution in [0.5, 0.6) is 5.88 Å². The van der Waals surface area contributed by atoms with Crippen molar-refractivity contribution in [1.29, 1.82) is 0 Å². The van der Waals surface area contributed by atoms with Crippen LogP contribution in [0.4, 0.5) is 4.79 Å². The molecule has 0 saturated heterocycles. The smallest absolute Gasteiger partial charge is 0.315 e. The van der Waals surface area contributed by atoms with Crippen molar-refractivity contribution in [3.05, 3.63) is 23.9 Å². The highest BCUT2D eigenvalue weighted by atomic mass is 16.5. The molecular formula is C19H30N4O3. The Bertz CT molecular complexity index is 584. The maximum atomic E-state index is 11.9. The molecule has 1 heterocycles. The molecule has 0 atom stereocenters. The molecule has 1 aliphatic rings. The minimum absolute atomic E-state index is 0.0538. The molecule has 0 spiro atoms. The Labute approximate surface area is 155 Å². The van der Waals surface area contributed by atoms with Crippen molar-refractivity contribution in [3.63, 3.8) is 0 Å². The first-order valence-corrected chi connectivity index (χ1v) is 9.53. The summed E-state index contributed by atoms with van der Waals surface area (Å²) in [6.07, 6.45) is 6.85. The normalized spacial score (nSPS) is 14.1. The molecule has 1 aromatic rings. The molecule has 0 unspecified atom stereocenters. The van der Waals surface area contributed by atoms with E-state index in [4.69, 9.17) is 4.74 Å². The standard InChI is InChI=1S/C19H30N4O3/c1-3-23(4-2)18(24)10-12-21-19(25)22-14-15-9-11-20-17(13-15)26-16-7-5-6-8-16/h9,11,13,16H,3-8,10,12,14H2,1-2H3,(H2,21,22,25). The third-order valence-corrected chi connectivity index (χ3v) is 4.58. The summed E-state index contributed by atoms with van der Waals surface area (Å²) in [5, 5.41) is 5.51. The van der Waals surface area contributed by atoms with E-state index in [1.165, 1.54) is 12.8 Å². The SMILES string of the molecule is CCN(CC)C(=O)CCNC(=O)NCc1ccnc(OC2CCCC2)c1. The van der Waals surface area contributed by atoms with Crippen molar-refractivity contribution in [3.8, 4) is 5.88 Å². The summed E-state index contributed by atoms with van der Waals surface area (Å²) in [5.41, 5.74) is 0.933. The first-order chi connectivity index (χ1) is 12.6. The predicted molar refractivity (Wildman–Crippen MR) is 99.9 cm³/mol. The van der Waals surface area contributed by atoms with E-state index < -0.39 is 0 Å². The van der Waals surface area contributed by atoms with Crippen LogP contribution in [0, 0.1) is 0 Å². The summed E-state index contributed by atoms with van der Waals surface area (Å²) in [5.74, 6) is 0.666. The highest BCUT2D eigenvalue weighted by molar-refractivity contribution is 5.78. The number of pyridine rings is 1. The second kappa shape index (κ2) is 10.6. The number of aromatic nitrogens is 1. The fraction of sp³-hybridized carbons (Fsp3) is 0.632. The number of nitrogens with one attached hydrogen (secondary N) is 2. The van der Waals surface area contributed by atoms with E-state index in [1.54, 1.807) is 11.1 Å². The van der Waals surface area contributed by atoms with Gasteiger partial charge < -0.3 is 20.3 Å². The van der Waals surface area contributed by atoms with Crippen LogP contribution < -0.4 is 15.4 Å². The van der Waals surface area contributed by atoms with Crippen molar-refractivity contribution in [2.24, 2.45) is 0 Å². The molecule has 2 N–H and O–H groups in total. The molecule has 7 heteroatoms. The summed E-state index contributed by atoms with van der Waals surface area (Å²) >= 11 is 0. The lowest BCUT2D eigenvalue weighted by Gasteiger charge is -2.18. The largest absolute Gasteiger partial charge is 0.474 e. The van der Waals surface area contributed by atoms with Gasteiger partial charge in [-0.1, -0.05) is 0 Å². The Balaban J connectivity index is 1.69. The highest BCUT2D eigenvalue weighted by Crippen LogP contribution is 2.23. The van der Waals surface area contributed by atoms with Crippen molar-refractivity contribution in [2.45, 2.75) is 58.6 Å². The van der Waals surface area contributed by atoms with Gasteiger partial charge in [-0.05, 0) is 51.2 Å². The quantitative estimate of drug-likeness (QED) is 0.707. The van der Waals surface area contributed by atoms with Crippen LogP contribution in [0.1, 0.15) is 51.5 Å². The molecule has 2 rings (SSSR count). The van der Waals surface area contributed by atoms with E-state index in [0.29, 0.717) is 38.5 Å². The molecule has 0 bridgehead atoms. The zero-order valence-electron chi connectivity index (χ0n) is 15.8. The lowest BCUT2D eigenvalue weighted by Crippen LogP contribution is -2.38. The van der Waals surface area contributed by atoms with Gasteiger partial charge in [0, 0.05) is 44.9 Å². The third-order valence-electron chi connectivity index (χ3n) is 4.58. The Kier molecular flexibility index (Phi) is 8.18. The molecule has 0 aromatic carbocycles. The van der Waals surface area contributed by atoms with Crippen molar-refractivity contribution >= 4 is 11.9 Å². The maximum absolute atomic E-state index is 11.9. The zero-order chi connectivity index (χ0) is 18.8. The molecule has 1 saturated carbocycles. The summed E-state index contributed by atoms with van der Waals surface area (Å²) in [6, 6.07) is 3.43. The number of amides is 3. The first-order valence-electron chi connectivity index (χ1n) is 9.53. The predicted octanol–water partition coefficient (Wildman–Crippen LogP) is 2.46. The van der Waals surface area contributed by atoms with E-state index >= 15 is 0 Å². The third kappa shape index (κ3) is 6.54. The van der Waals surface area contributed by atoms with Gasteiger partial charge in [-0.15, -0.1) is 0 Å². The van der Waals surface area contributed by atoms with Crippen LogP contribution in [-0.4, -0.2) is 47.6 Å². The average molecular weight is 362 g/mol. The van der Waals surface area contributed by atoms with E-state index in [-0.39, 0.29) is 18.0 Å². The first kappa shape index (κ1) is 20.0. The molecule has 0 aliphatic heterocycles. The highest BCUT2D eigenvalue weighted by Gasteiger charge is 2.17. The Morgan fingerprint density at radius 2 is 1.96 bits per heavy atom. The molecule has 144 valence electrons. The number of urea groups is 1. The lowest BCUT2D eigenvalue weighted by atomic mass is 10.2. The average Bonchev–Trinajstić information content (AvgIpc) is 3.14. The molecule has 3 amide bonds. The number of hydrogen-bond donors (Lipinski definition) is 2. The monoisotopic (exact) mass is 362 g/mol. The van der Waals surface area contributed by atoms with E-state index in [0.717, 1.165) is 18.4 Å². The van der Waals surface area contributed by atoms with Gasteiger partial charge in [-0.3, -0.25) is 4.79 Å². The van der Waals surface area contributed by atoms with Gasteiger partial charge in [0.2, 0.25) is 11.8 Å². The fourth-order valence-electron chi connectivity index (χ4n) is 3.06. The Hall–Kier alpha value is -2.31. The van der Waals surface area contributed by atoms with E-state index in [9.17, 15) is 9.59 Å². The van der Waals surface area contributed by atoms with Gasteiger partial charge >= 0.3 is 6.03 Å². The van der Waals surface area contributed by atoms with E-state index in [2.05, 4.69) is 15.6 Å². The molecular weight excluding hydrogens is 332 g/mol. The van der Waals surface area contributed by atoms with E-state index in [1.807, 2.05) is 26.0 Å². The number of rotatable bonds is 9. The number of hydrogen-bond acceptors (Lipinski definition) is 4. The number of ether oxygens (including phenoxy) is 1. The van der Waals surface area contributed by atoms with Crippen LogP contribution >= 0.6 is 0 Å². The number of carbonyl (C=O) groups is 2. The number of carbonyl (C=O) groups excluding carboxylic acids is 2. The van der Waals surface area contributed by atoms with Crippen LogP contribution in [0.25, 0.3) is 0 Å². The van der Waals surface area contributed by atoms with Crippen molar-refractivity contribution in [1.82, 2.24) is 20.5 Å². The lowest BCUT2D eigenvalue weighted by molar-refractivity contribution is -0.130. The fourth-order valence-corrected chi connectivity index (χ4v) is 3.06. The van der Waals surface area contributed by atoms with Crippen molar-refractivity contribution in [2.75, 3.05) is 19.6 Å². The summed E-state index contributed by atoms with van der Waals surface area (Å²) in [7, 11) is 0. The minimum Gasteiger partial charge on any atom is -0.474 e. The minimum atomic E-state index is -0.285. The molecule has 7 nitrogen and oxygen atoms in total. The van der Waals surface area contributed by atoms with Crippen molar-refractivity contribution < 1.29 is 14.3 Å². The van der Waals surface area contributed by atoms with Gasteiger partial charge in [-0.2, -0.15) is 0 Å². The van der Waals surface area contributed by atoms with Crippen LogP contribution in [0.15, 0.2) is 18.3 Å². The van der Waals surface area contributed by atoms with Gasteiger partial charge in [0.15, 0.2) is 0 Å². The van der Waals surface area contributed by atoms with Gasteiger partial charge in [0.25, 0.3) is 0 Å². The molecule has 26 heavy (non-hydrogen) atoms. The van der Waals surface area contributed by atoms with Gasteiger partial charge in [0.1, 0.15) is 6.10 Å².